The summed E-state index contributed by atoms with van der Waals surface area (Å²) >= 11 is 0. The van der Waals surface area contributed by atoms with E-state index in [0.717, 1.165) is 5.56 Å². The maximum Gasteiger partial charge on any atom is 0.347 e. The molecule has 0 bridgehead atoms. The summed E-state index contributed by atoms with van der Waals surface area (Å²) in [6, 6.07) is 15.6. The van der Waals surface area contributed by atoms with E-state index < -0.39 is 18.2 Å². The first-order valence-corrected chi connectivity index (χ1v) is 8.85. The minimum atomic E-state index is -0.852. The molecule has 148 valence electrons. The van der Waals surface area contributed by atoms with E-state index in [-0.39, 0.29) is 5.89 Å². The number of nitrogens with zero attached hydrogens (tertiary/aromatic N) is 3. The first-order chi connectivity index (χ1) is 14.0. The predicted octanol–water partition coefficient (Wildman–Crippen LogP) is 3.69. The number of hydrogen-bond donors (Lipinski definition) is 0. The average molecular weight is 393 g/mol. The van der Waals surface area contributed by atoms with Crippen LogP contribution in [0.2, 0.25) is 0 Å². The van der Waals surface area contributed by atoms with Crippen LogP contribution in [-0.4, -0.2) is 29.4 Å². The van der Waals surface area contributed by atoms with Gasteiger partial charge in [-0.05, 0) is 62.4 Å². The largest absolute Gasteiger partial charge is 0.497 e. The zero-order valence-electron chi connectivity index (χ0n) is 16.2. The maximum atomic E-state index is 12.3. The second-order valence-corrected chi connectivity index (χ2v) is 6.15. The summed E-state index contributed by atoms with van der Waals surface area (Å²) < 4.78 is 21.7. The Kier molecular flexibility index (Phi) is 6.09. The van der Waals surface area contributed by atoms with Crippen LogP contribution < -0.4 is 9.47 Å². The molecule has 8 heteroatoms. The summed E-state index contributed by atoms with van der Waals surface area (Å²) in [7, 11) is 1.59. The third kappa shape index (κ3) is 4.90. The van der Waals surface area contributed by atoms with E-state index >= 15 is 0 Å². The lowest BCUT2D eigenvalue weighted by atomic mass is 10.2. The Morgan fingerprint density at radius 1 is 1.03 bits per heavy atom. The molecular formula is C21H19N3O5. The van der Waals surface area contributed by atoms with Gasteiger partial charge in [-0.25, -0.2) is 4.79 Å². The van der Waals surface area contributed by atoms with Gasteiger partial charge in [0.05, 0.1) is 18.7 Å². The molecule has 0 amide bonds. The minimum Gasteiger partial charge on any atom is -0.497 e. The number of ether oxygens (including phenoxy) is 3. The van der Waals surface area contributed by atoms with E-state index in [1.807, 2.05) is 6.07 Å². The summed E-state index contributed by atoms with van der Waals surface area (Å²) in [4.78, 5) is 12.3. The number of aromatic nitrogens is 2. The van der Waals surface area contributed by atoms with Gasteiger partial charge in [-0.15, -0.1) is 10.2 Å². The van der Waals surface area contributed by atoms with Crippen LogP contribution in [0.15, 0.2) is 52.9 Å². The number of methoxy groups -OCH3 is 1. The predicted molar refractivity (Wildman–Crippen MR) is 102 cm³/mol. The average Bonchev–Trinajstić information content (AvgIpc) is 3.24. The fraction of sp³-hybridized carbons (Fsp3) is 0.238. The van der Waals surface area contributed by atoms with Gasteiger partial charge in [0.25, 0.3) is 5.89 Å². The van der Waals surface area contributed by atoms with E-state index in [0.29, 0.717) is 23.0 Å². The fourth-order valence-corrected chi connectivity index (χ4v) is 2.43. The van der Waals surface area contributed by atoms with Gasteiger partial charge in [-0.1, -0.05) is 0 Å². The molecule has 1 aromatic heterocycles. The Hall–Kier alpha value is -3.86. The van der Waals surface area contributed by atoms with Gasteiger partial charge < -0.3 is 18.6 Å². The highest BCUT2D eigenvalue weighted by molar-refractivity contribution is 5.74. The van der Waals surface area contributed by atoms with Gasteiger partial charge in [-0.2, -0.15) is 5.26 Å². The lowest BCUT2D eigenvalue weighted by Gasteiger charge is -2.16. The standard InChI is InChI=1S/C21H19N3O5/c1-13(19-23-24-20(29-19)16-6-10-17(26-3)11-7-16)28-21(25)14(2)27-18-8-4-15(12-22)5-9-18/h4-11,13-14H,1-3H3/t13-,14+/m1/s1. The summed E-state index contributed by atoms with van der Waals surface area (Å²) in [6.45, 7) is 3.21. The lowest BCUT2D eigenvalue weighted by molar-refractivity contribution is -0.157. The van der Waals surface area contributed by atoms with Crippen molar-refractivity contribution in [3.63, 3.8) is 0 Å². The molecule has 0 N–H and O–H groups in total. The van der Waals surface area contributed by atoms with Crippen LogP contribution in [0.1, 0.15) is 31.4 Å². The summed E-state index contributed by atoms with van der Waals surface area (Å²) in [5.74, 6) is 1.08. The summed E-state index contributed by atoms with van der Waals surface area (Å²) in [5, 5.41) is 16.8. The maximum absolute atomic E-state index is 12.3. The fourth-order valence-electron chi connectivity index (χ4n) is 2.43. The van der Waals surface area contributed by atoms with Gasteiger partial charge in [0.1, 0.15) is 11.5 Å². The third-order valence-electron chi connectivity index (χ3n) is 4.05. The van der Waals surface area contributed by atoms with Crippen molar-refractivity contribution in [1.29, 1.82) is 5.26 Å². The molecule has 0 saturated carbocycles. The van der Waals surface area contributed by atoms with Crippen molar-refractivity contribution in [2.45, 2.75) is 26.1 Å². The Morgan fingerprint density at radius 2 is 1.69 bits per heavy atom. The summed E-state index contributed by atoms with van der Waals surface area (Å²) in [6.07, 6.45) is -1.59. The Morgan fingerprint density at radius 3 is 2.31 bits per heavy atom. The molecule has 0 unspecified atom stereocenters. The van der Waals surface area contributed by atoms with Crippen molar-refractivity contribution in [3.05, 3.63) is 60.0 Å². The highest BCUT2D eigenvalue weighted by Crippen LogP contribution is 2.24. The second-order valence-electron chi connectivity index (χ2n) is 6.15. The number of rotatable bonds is 7. The molecule has 0 aliphatic carbocycles. The van der Waals surface area contributed by atoms with Gasteiger partial charge in [0.15, 0.2) is 12.2 Å². The normalized spacial score (nSPS) is 12.5. The number of esters is 1. The number of carbonyl (C=O) groups is 1. The topological polar surface area (TPSA) is 107 Å². The van der Waals surface area contributed by atoms with Crippen LogP contribution in [-0.2, 0) is 9.53 Å². The number of hydrogen-bond acceptors (Lipinski definition) is 8. The van der Waals surface area contributed by atoms with Crippen molar-refractivity contribution in [3.8, 4) is 29.0 Å². The van der Waals surface area contributed by atoms with E-state index in [1.54, 1.807) is 69.5 Å². The monoisotopic (exact) mass is 393 g/mol. The summed E-state index contributed by atoms with van der Waals surface area (Å²) in [5.41, 5.74) is 1.23. The van der Waals surface area contributed by atoms with Crippen molar-refractivity contribution >= 4 is 5.97 Å². The van der Waals surface area contributed by atoms with Crippen LogP contribution in [0.25, 0.3) is 11.5 Å². The van der Waals surface area contributed by atoms with Crippen molar-refractivity contribution in [1.82, 2.24) is 10.2 Å². The molecule has 0 saturated heterocycles. The van der Waals surface area contributed by atoms with Crippen molar-refractivity contribution in [2.24, 2.45) is 0 Å². The lowest BCUT2D eigenvalue weighted by Crippen LogP contribution is -2.27. The molecule has 0 fully saturated rings. The molecule has 2 atom stereocenters. The molecule has 0 aliphatic heterocycles. The van der Waals surface area contributed by atoms with Crippen LogP contribution in [0, 0.1) is 11.3 Å². The Bertz CT molecular complexity index is 1010. The SMILES string of the molecule is COc1ccc(-c2nnc([C@@H](C)OC(=O)[C@H](C)Oc3ccc(C#N)cc3)o2)cc1. The van der Waals surface area contributed by atoms with Crippen LogP contribution >= 0.6 is 0 Å². The highest BCUT2D eigenvalue weighted by Gasteiger charge is 2.23. The molecule has 3 aromatic rings. The Balaban J connectivity index is 1.60. The van der Waals surface area contributed by atoms with E-state index in [4.69, 9.17) is 23.9 Å². The van der Waals surface area contributed by atoms with E-state index in [1.165, 1.54) is 0 Å². The Labute approximate surface area is 167 Å². The van der Waals surface area contributed by atoms with Crippen LogP contribution in [0.3, 0.4) is 0 Å². The molecule has 0 aliphatic rings. The van der Waals surface area contributed by atoms with Gasteiger partial charge >= 0.3 is 5.97 Å². The first-order valence-electron chi connectivity index (χ1n) is 8.85. The molecule has 3 rings (SSSR count). The highest BCUT2D eigenvalue weighted by atomic mass is 16.6. The van der Waals surface area contributed by atoms with E-state index in [9.17, 15) is 4.79 Å². The molecule has 29 heavy (non-hydrogen) atoms. The molecule has 2 aromatic carbocycles. The molecule has 8 nitrogen and oxygen atoms in total. The zero-order valence-corrected chi connectivity index (χ0v) is 16.2. The molecule has 1 heterocycles. The smallest absolute Gasteiger partial charge is 0.347 e. The van der Waals surface area contributed by atoms with Crippen LogP contribution in [0.4, 0.5) is 0 Å². The molecule has 0 radical (unpaired) electrons. The van der Waals surface area contributed by atoms with Gasteiger partial charge in [0, 0.05) is 5.56 Å². The number of benzene rings is 2. The van der Waals surface area contributed by atoms with Crippen LogP contribution in [0.5, 0.6) is 11.5 Å². The second kappa shape index (κ2) is 8.89. The van der Waals surface area contributed by atoms with Crippen molar-refractivity contribution in [2.75, 3.05) is 7.11 Å². The minimum absolute atomic E-state index is 0.176. The quantitative estimate of drug-likeness (QED) is 0.559. The first kappa shape index (κ1) is 19.9. The van der Waals surface area contributed by atoms with E-state index in [2.05, 4.69) is 10.2 Å². The molecular weight excluding hydrogens is 374 g/mol. The van der Waals surface area contributed by atoms with Crippen molar-refractivity contribution < 1.29 is 23.4 Å². The zero-order chi connectivity index (χ0) is 20.8. The number of carbonyl (C=O) groups excluding carboxylic acids is 1. The third-order valence-corrected chi connectivity index (χ3v) is 4.05. The molecule has 0 spiro atoms. The van der Waals surface area contributed by atoms with Gasteiger partial charge in [0.2, 0.25) is 5.89 Å². The number of nitriles is 1. The van der Waals surface area contributed by atoms with Gasteiger partial charge in [-0.3, -0.25) is 0 Å².